The Hall–Kier alpha value is -0.0800. The second-order valence-corrected chi connectivity index (χ2v) is 1.88. The number of rotatable bonds is 0. The third-order valence-corrected chi connectivity index (χ3v) is 1.37. The van der Waals surface area contributed by atoms with Crippen molar-refractivity contribution >= 4 is 0 Å². The molecule has 1 fully saturated rings. The van der Waals surface area contributed by atoms with Gasteiger partial charge in [-0.05, 0) is 13.3 Å². The third-order valence-electron chi connectivity index (χ3n) is 1.37. The molecule has 0 amide bonds. The zero-order valence-electron chi connectivity index (χ0n) is 4.02. The Labute approximate surface area is 37.9 Å². The third kappa shape index (κ3) is 0.420. The molecule has 0 aliphatic carbocycles. The van der Waals surface area contributed by atoms with Crippen molar-refractivity contribution in [1.82, 2.24) is 5.01 Å². The van der Waals surface area contributed by atoms with E-state index in [2.05, 4.69) is 6.92 Å². The lowest BCUT2D eigenvalue weighted by Gasteiger charge is -2.33. The molecule has 2 nitrogen and oxygen atoms in total. The molecule has 1 saturated heterocycles. The zero-order chi connectivity index (χ0) is 4.57. The van der Waals surface area contributed by atoms with Crippen LogP contribution in [0.2, 0.25) is 0 Å². The summed E-state index contributed by atoms with van der Waals surface area (Å²) < 4.78 is 0. The minimum atomic E-state index is 0.644. The molecular formula is C4H10N2. The summed E-state index contributed by atoms with van der Waals surface area (Å²) in [5, 5.41) is 1.85. The molecule has 1 atom stereocenters. The molecule has 0 radical (unpaired) electrons. The van der Waals surface area contributed by atoms with E-state index in [9.17, 15) is 0 Å². The average Bonchev–Trinajstić information content (AvgIpc) is 1.61. The van der Waals surface area contributed by atoms with E-state index in [1.165, 1.54) is 6.42 Å². The molecule has 1 rings (SSSR count). The van der Waals surface area contributed by atoms with Gasteiger partial charge in [-0.15, -0.1) is 0 Å². The summed E-state index contributed by atoms with van der Waals surface area (Å²) in [6.07, 6.45) is 1.27. The maximum atomic E-state index is 5.36. The first-order valence-electron chi connectivity index (χ1n) is 2.32. The largest absolute Gasteiger partial charge is 0.269 e. The molecule has 6 heavy (non-hydrogen) atoms. The van der Waals surface area contributed by atoms with E-state index in [0.717, 1.165) is 6.54 Å². The van der Waals surface area contributed by atoms with E-state index < -0.39 is 0 Å². The van der Waals surface area contributed by atoms with E-state index in [-0.39, 0.29) is 0 Å². The molecule has 0 spiro atoms. The molecule has 0 saturated carbocycles. The van der Waals surface area contributed by atoms with E-state index >= 15 is 0 Å². The van der Waals surface area contributed by atoms with Crippen molar-refractivity contribution in [2.45, 2.75) is 19.4 Å². The van der Waals surface area contributed by atoms with Gasteiger partial charge in [-0.1, -0.05) is 0 Å². The van der Waals surface area contributed by atoms with Gasteiger partial charge in [0.15, 0.2) is 0 Å². The molecule has 2 heteroatoms. The van der Waals surface area contributed by atoms with Gasteiger partial charge in [-0.2, -0.15) is 0 Å². The second kappa shape index (κ2) is 1.21. The molecule has 0 aromatic carbocycles. The quantitative estimate of drug-likeness (QED) is 0.419. The molecule has 1 aliphatic heterocycles. The first-order chi connectivity index (χ1) is 2.80. The van der Waals surface area contributed by atoms with Gasteiger partial charge < -0.3 is 0 Å². The summed E-state index contributed by atoms with van der Waals surface area (Å²) in [6, 6.07) is 0.644. The van der Waals surface area contributed by atoms with Gasteiger partial charge in [0, 0.05) is 12.6 Å². The van der Waals surface area contributed by atoms with Crippen molar-refractivity contribution in [2.75, 3.05) is 6.54 Å². The highest BCUT2D eigenvalue weighted by Gasteiger charge is 2.18. The number of hydrazine groups is 1. The fourth-order valence-corrected chi connectivity index (χ4v) is 0.536. The van der Waals surface area contributed by atoms with Gasteiger partial charge in [0.1, 0.15) is 0 Å². The van der Waals surface area contributed by atoms with E-state index in [0.29, 0.717) is 6.04 Å². The van der Waals surface area contributed by atoms with Crippen molar-refractivity contribution < 1.29 is 0 Å². The lowest BCUT2D eigenvalue weighted by atomic mass is 10.1. The highest BCUT2D eigenvalue weighted by Crippen LogP contribution is 2.08. The van der Waals surface area contributed by atoms with E-state index in [1.807, 2.05) is 5.01 Å². The monoisotopic (exact) mass is 86.1 g/mol. The van der Waals surface area contributed by atoms with Crippen LogP contribution in [0.4, 0.5) is 0 Å². The van der Waals surface area contributed by atoms with Gasteiger partial charge in [-0.3, -0.25) is 5.84 Å². The Morgan fingerprint density at radius 3 is 2.33 bits per heavy atom. The Morgan fingerprint density at radius 2 is 2.33 bits per heavy atom. The van der Waals surface area contributed by atoms with Crippen LogP contribution in [-0.2, 0) is 0 Å². The fraction of sp³-hybridized carbons (Fsp3) is 1.00. The minimum absolute atomic E-state index is 0.644. The van der Waals surface area contributed by atoms with Gasteiger partial charge in [-0.25, -0.2) is 5.01 Å². The van der Waals surface area contributed by atoms with Crippen LogP contribution in [0, 0.1) is 0 Å². The van der Waals surface area contributed by atoms with Gasteiger partial charge >= 0.3 is 0 Å². The predicted molar refractivity (Wildman–Crippen MR) is 25.0 cm³/mol. The molecular weight excluding hydrogens is 76.1 g/mol. The second-order valence-electron chi connectivity index (χ2n) is 1.88. The Morgan fingerprint density at radius 1 is 1.83 bits per heavy atom. The summed E-state index contributed by atoms with van der Waals surface area (Å²) in [5.41, 5.74) is 0. The minimum Gasteiger partial charge on any atom is -0.269 e. The Kier molecular flexibility index (Phi) is 0.821. The first-order valence-corrected chi connectivity index (χ1v) is 2.32. The normalized spacial score (nSPS) is 36.0. The fourth-order valence-electron chi connectivity index (χ4n) is 0.536. The van der Waals surface area contributed by atoms with Gasteiger partial charge in [0.2, 0.25) is 0 Å². The molecule has 1 heterocycles. The summed E-state index contributed by atoms with van der Waals surface area (Å²) in [6.45, 7) is 3.21. The van der Waals surface area contributed by atoms with Crippen LogP contribution in [0.3, 0.4) is 0 Å². The Bertz CT molecular complexity index is 45.5. The van der Waals surface area contributed by atoms with Crippen molar-refractivity contribution in [3.8, 4) is 0 Å². The molecule has 1 unspecified atom stereocenters. The summed E-state index contributed by atoms with van der Waals surface area (Å²) in [7, 11) is 0. The average molecular weight is 86.1 g/mol. The summed E-state index contributed by atoms with van der Waals surface area (Å²) >= 11 is 0. The molecule has 0 aromatic heterocycles. The molecule has 36 valence electrons. The predicted octanol–water partition coefficient (Wildman–Crippen LogP) is -0.0457. The SMILES string of the molecule is CC1CCN1N. The van der Waals surface area contributed by atoms with Crippen LogP contribution in [-0.4, -0.2) is 17.6 Å². The van der Waals surface area contributed by atoms with Crippen LogP contribution in [0.25, 0.3) is 0 Å². The molecule has 2 N–H and O–H groups in total. The van der Waals surface area contributed by atoms with Crippen molar-refractivity contribution in [1.29, 1.82) is 0 Å². The van der Waals surface area contributed by atoms with Crippen LogP contribution in [0.1, 0.15) is 13.3 Å². The lowest BCUT2D eigenvalue weighted by molar-refractivity contribution is 0.106. The topological polar surface area (TPSA) is 29.3 Å². The number of hydrogen-bond donors (Lipinski definition) is 1. The number of nitrogens with zero attached hydrogens (tertiary/aromatic N) is 1. The maximum Gasteiger partial charge on any atom is 0.0225 e. The smallest absolute Gasteiger partial charge is 0.0225 e. The molecule has 1 aliphatic rings. The molecule has 0 aromatic rings. The number of nitrogens with two attached hydrogens (primary N) is 1. The van der Waals surface area contributed by atoms with Crippen LogP contribution in [0.15, 0.2) is 0 Å². The van der Waals surface area contributed by atoms with Crippen molar-refractivity contribution in [3.63, 3.8) is 0 Å². The van der Waals surface area contributed by atoms with Gasteiger partial charge in [0.25, 0.3) is 0 Å². The Balaban J connectivity index is 2.20. The van der Waals surface area contributed by atoms with E-state index in [1.54, 1.807) is 0 Å². The summed E-state index contributed by atoms with van der Waals surface area (Å²) in [5.74, 6) is 5.36. The standard InChI is InChI=1S/C4H10N2/c1-4-2-3-6(4)5/h4H,2-3,5H2,1H3. The first kappa shape index (κ1) is 4.09. The maximum absolute atomic E-state index is 5.36. The van der Waals surface area contributed by atoms with Crippen molar-refractivity contribution in [3.05, 3.63) is 0 Å². The molecule has 0 bridgehead atoms. The highest BCUT2D eigenvalue weighted by molar-refractivity contribution is 4.71. The van der Waals surface area contributed by atoms with Crippen molar-refractivity contribution in [2.24, 2.45) is 5.84 Å². The van der Waals surface area contributed by atoms with E-state index in [4.69, 9.17) is 5.84 Å². The van der Waals surface area contributed by atoms with Gasteiger partial charge in [0.05, 0.1) is 0 Å². The number of hydrogen-bond acceptors (Lipinski definition) is 2. The summed E-state index contributed by atoms with van der Waals surface area (Å²) in [4.78, 5) is 0. The zero-order valence-corrected chi connectivity index (χ0v) is 4.02. The lowest BCUT2D eigenvalue weighted by Crippen LogP contribution is -2.50. The van der Waals surface area contributed by atoms with Crippen LogP contribution >= 0.6 is 0 Å². The van der Waals surface area contributed by atoms with Crippen LogP contribution < -0.4 is 5.84 Å². The highest BCUT2D eigenvalue weighted by atomic mass is 15.4. The van der Waals surface area contributed by atoms with Crippen LogP contribution in [0.5, 0.6) is 0 Å².